The average molecular weight is 372 g/mol. The fourth-order valence-electron chi connectivity index (χ4n) is 4.05. The van der Waals surface area contributed by atoms with Gasteiger partial charge in [0, 0.05) is 29.1 Å². The zero-order chi connectivity index (χ0) is 17.9. The molecule has 1 fully saturated rings. The monoisotopic (exact) mass is 371 g/mol. The first kappa shape index (κ1) is 18.0. The molecule has 0 spiro atoms. The summed E-state index contributed by atoms with van der Waals surface area (Å²) in [7, 11) is 0. The lowest BCUT2D eigenvalue weighted by atomic mass is 9.99. The van der Waals surface area contributed by atoms with Gasteiger partial charge < -0.3 is 15.4 Å². The molecule has 5 heteroatoms. The van der Waals surface area contributed by atoms with Gasteiger partial charge in [-0.1, -0.05) is 0 Å². The molecule has 4 nitrogen and oxygen atoms in total. The van der Waals surface area contributed by atoms with E-state index in [0.717, 1.165) is 60.5 Å². The molecule has 2 N–H and O–H groups in total. The van der Waals surface area contributed by atoms with E-state index < -0.39 is 0 Å². The summed E-state index contributed by atoms with van der Waals surface area (Å²) in [5.41, 5.74) is 8.48. The normalized spacial score (nSPS) is 23.2. The van der Waals surface area contributed by atoms with E-state index in [1.807, 2.05) is 0 Å². The molecule has 2 atom stereocenters. The van der Waals surface area contributed by atoms with E-state index in [1.54, 1.807) is 11.3 Å². The molecule has 1 aliphatic carbocycles. The van der Waals surface area contributed by atoms with Gasteiger partial charge in [0.15, 0.2) is 0 Å². The summed E-state index contributed by atoms with van der Waals surface area (Å²) in [6, 6.07) is 9.22. The summed E-state index contributed by atoms with van der Waals surface area (Å²) >= 11 is 1.80. The van der Waals surface area contributed by atoms with E-state index in [4.69, 9.17) is 15.5 Å². The second-order valence-electron chi connectivity index (χ2n) is 7.58. The molecule has 0 saturated carbocycles. The Balaban J connectivity index is 1.31. The van der Waals surface area contributed by atoms with Crippen LogP contribution in [0.2, 0.25) is 0 Å². The maximum Gasteiger partial charge on any atom is 0.123 e. The quantitative estimate of drug-likeness (QED) is 0.765. The van der Waals surface area contributed by atoms with E-state index >= 15 is 0 Å². The van der Waals surface area contributed by atoms with Gasteiger partial charge in [-0.25, -0.2) is 4.98 Å². The van der Waals surface area contributed by atoms with Crippen LogP contribution in [0, 0.1) is 0 Å². The van der Waals surface area contributed by atoms with Crippen LogP contribution in [0.1, 0.15) is 55.6 Å². The van der Waals surface area contributed by atoms with Crippen molar-refractivity contribution in [3.05, 3.63) is 34.8 Å². The molecule has 26 heavy (non-hydrogen) atoms. The van der Waals surface area contributed by atoms with Crippen LogP contribution >= 0.6 is 11.3 Å². The zero-order valence-corrected chi connectivity index (χ0v) is 16.4. The van der Waals surface area contributed by atoms with Crippen LogP contribution in [0.3, 0.4) is 0 Å². The van der Waals surface area contributed by atoms with Gasteiger partial charge in [0.25, 0.3) is 0 Å². The topological polar surface area (TPSA) is 51.4 Å². The number of hydrogen-bond donors (Lipinski definition) is 1. The average Bonchev–Trinajstić information content (AvgIpc) is 3.26. The molecule has 4 rings (SSSR count). The molecular weight excluding hydrogens is 342 g/mol. The van der Waals surface area contributed by atoms with Crippen molar-refractivity contribution >= 4 is 11.3 Å². The van der Waals surface area contributed by atoms with Gasteiger partial charge in [-0.3, -0.25) is 0 Å². The van der Waals surface area contributed by atoms with Gasteiger partial charge in [-0.2, -0.15) is 0 Å². The molecule has 0 radical (unpaired) electrons. The Bertz CT molecular complexity index is 727. The highest BCUT2D eigenvalue weighted by Crippen LogP contribution is 2.36. The Kier molecular flexibility index (Phi) is 5.57. The van der Waals surface area contributed by atoms with Crippen LogP contribution in [-0.4, -0.2) is 35.6 Å². The lowest BCUT2D eigenvalue weighted by Gasteiger charge is -2.20. The zero-order valence-electron chi connectivity index (χ0n) is 15.6. The molecule has 1 aliphatic heterocycles. The second kappa shape index (κ2) is 8.07. The van der Waals surface area contributed by atoms with Crippen molar-refractivity contribution in [3.63, 3.8) is 0 Å². The molecule has 2 aromatic rings. The molecular formula is C21H29N3OS. The van der Waals surface area contributed by atoms with Crippen molar-refractivity contribution in [1.82, 2.24) is 9.88 Å². The third-order valence-corrected chi connectivity index (χ3v) is 6.83. The maximum absolute atomic E-state index is 6.20. The molecule has 140 valence electrons. The van der Waals surface area contributed by atoms with Crippen molar-refractivity contribution in [2.75, 3.05) is 19.7 Å². The van der Waals surface area contributed by atoms with Crippen LogP contribution in [0.4, 0.5) is 0 Å². The summed E-state index contributed by atoms with van der Waals surface area (Å²) in [6.07, 6.45) is 7.13. The van der Waals surface area contributed by atoms with Crippen LogP contribution in [0.15, 0.2) is 24.3 Å². The number of nitrogens with zero attached hydrogens (tertiary/aromatic N) is 2. The van der Waals surface area contributed by atoms with Crippen molar-refractivity contribution < 1.29 is 4.74 Å². The number of rotatable bonds is 6. The molecule has 2 aliphatic rings. The van der Waals surface area contributed by atoms with E-state index in [9.17, 15) is 0 Å². The van der Waals surface area contributed by atoms with E-state index in [1.165, 1.54) is 30.7 Å². The summed E-state index contributed by atoms with van der Waals surface area (Å²) in [5, 5.41) is 1.09. The van der Waals surface area contributed by atoms with Crippen molar-refractivity contribution in [1.29, 1.82) is 0 Å². The van der Waals surface area contributed by atoms with Crippen molar-refractivity contribution in [3.8, 4) is 16.3 Å². The van der Waals surface area contributed by atoms with Crippen molar-refractivity contribution in [2.45, 2.75) is 57.5 Å². The molecule has 1 saturated heterocycles. The fourth-order valence-corrected chi connectivity index (χ4v) is 5.23. The lowest BCUT2D eigenvalue weighted by molar-refractivity contribution is 0.230. The van der Waals surface area contributed by atoms with Gasteiger partial charge in [0.05, 0.1) is 12.3 Å². The summed E-state index contributed by atoms with van der Waals surface area (Å²) in [6.45, 7) is 5.50. The first-order valence-corrected chi connectivity index (χ1v) is 10.7. The minimum atomic E-state index is 0.115. The molecule has 0 amide bonds. The minimum absolute atomic E-state index is 0.115. The predicted molar refractivity (Wildman–Crippen MR) is 108 cm³/mol. The molecule has 2 heterocycles. The Labute approximate surface area is 160 Å². The number of aryl methyl sites for hydroxylation is 1. The Morgan fingerprint density at radius 1 is 1.23 bits per heavy atom. The standard InChI is InChI=1S/C21H29N3OS/c1-15-5-3-12-24(15)13-4-14-25-17-10-8-16(9-11-17)21-23-20-18(22)6-2-7-19(20)26-21/h8-11,15,18H,2-7,12-14,22H2,1H3. The van der Waals surface area contributed by atoms with Gasteiger partial charge in [0.2, 0.25) is 0 Å². The SMILES string of the molecule is CC1CCCN1CCCOc1ccc(-c2nc3c(s2)CCCC3N)cc1. The number of aromatic nitrogens is 1. The highest BCUT2D eigenvalue weighted by Gasteiger charge is 2.22. The summed E-state index contributed by atoms with van der Waals surface area (Å²) in [5.74, 6) is 0.946. The second-order valence-corrected chi connectivity index (χ2v) is 8.66. The number of hydrogen-bond acceptors (Lipinski definition) is 5. The summed E-state index contributed by atoms with van der Waals surface area (Å²) < 4.78 is 5.93. The van der Waals surface area contributed by atoms with Gasteiger partial charge in [-0.05, 0) is 76.3 Å². The van der Waals surface area contributed by atoms with Crippen LogP contribution in [0.25, 0.3) is 10.6 Å². The Morgan fingerprint density at radius 3 is 2.81 bits per heavy atom. The van der Waals surface area contributed by atoms with Crippen molar-refractivity contribution in [2.24, 2.45) is 5.73 Å². The number of likely N-dealkylation sites (tertiary alicyclic amines) is 1. The van der Waals surface area contributed by atoms with E-state index in [0.29, 0.717) is 0 Å². The van der Waals surface area contributed by atoms with E-state index in [-0.39, 0.29) is 6.04 Å². The highest BCUT2D eigenvalue weighted by atomic mass is 32.1. The molecule has 1 aromatic heterocycles. The van der Waals surface area contributed by atoms with Crippen LogP contribution in [-0.2, 0) is 6.42 Å². The Hall–Kier alpha value is -1.43. The first-order valence-electron chi connectivity index (χ1n) is 9.93. The van der Waals surface area contributed by atoms with Gasteiger partial charge in [0.1, 0.15) is 10.8 Å². The molecule has 2 unspecified atom stereocenters. The number of thiazole rings is 1. The third kappa shape index (κ3) is 3.95. The molecule has 0 bridgehead atoms. The summed E-state index contributed by atoms with van der Waals surface area (Å²) in [4.78, 5) is 8.75. The van der Waals surface area contributed by atoms with Crippen LogP contribution < -0.4 is 10.5 Å². The first-order chi connectivity index (χ1) is 12.7. The van der Waals surface area contributed by atoms with Gasteiger partial charge >= 0.3 is 0 Å². The smallest absolute Gasteiger partial charge is 0.123 e. The lowest BCUT2D eigenvalue weighted by Crippen LogP contribution is -2.28. The largest absolute Gasteiger partial charge is 0.494 e. The fraction of sp³-hybridized carbons (Fsp3) is 0.571. The highest BCUT2D eigenvalue weighted by molar-refractivity contribution is 7.15. The minimum Gasteiger partial charge on any atom is -0.494 e. The van der Waals surface area contributed by atoms with Gasteiger partial charge in [-0.15, -0.1) is 11.3 Å². The number of nitrogens with two attached hydrogens (primary N) is 1. The molecule has 1 aromatic carbocycles. The maximum atomic E-state index is 6.20. The van der Waals surface area contributed by atoms with E-state index in [2.05, 4.69) is 36.1 Å². The number of ether oxygens (including phenoxy) is 1. The Morgan fingerprint density at radius 2 is 2.08 bits per heavy atom. The third-order valence-electron chi connectivity index (χ3n) is 5.65. The number of benzene rings is 1. The number of fused-ring (bicyclic) bond motifs is 1. The van der Waals surface area contributed by atoms with Crippen LogP contribution in [0.5, 0.6) is 5.75 Å². The predicted octanol–water partition coefficient (Wildman–Crippen LogP) is 4.40.